The maximum Gasteiger partial charge on any atom is 0.356 e. The van der Waals surface area contributed by atoms with E-state index in [-0.39, 0.29) is 5.69 Å². The van der Waals surface area contributed by atoms with Gasteiger partial charge in [0.15, 0.2) is 5.69 Å². The molecule has 23 heavy (non-hydrogen) atoms. The molecule has 122 valence electrons. The van der Waals surface area contributed by atoms with Gasteiger partial charge in [-0.15, -0.1) is 0 Å². The number of carboxylic acids is 1. The van der Waals surface area contributed by atoms with Gasteiger partial charge in [0.05, 0.1) is 5.69 Å². The van der Waals surface area contributed by atoms with Crippen molar-refractivity contribution < 1.29 is 9.90 Å². The highest BCUT2D eigenvalue weighted by molar-refractivity contribution is 6.31. The van der Waals surface area contributed by atoms with Crippen LogP contribution in [0, 0.1) is 0 Å². The number of aromatic nitrogens is 2. The lowest BCUT2D eigenvalue weighted by molar-refractivity contribution is 0.0689. The molecule has 0 saturated carbocycles. The minimum Gasteiger partial charge on any atom is -0.476 e. The van der Waals surface area contributed by atoms with Crippen LogP contribution in [0.15, 0.2) is 24.3 Å². The molecule has 0 spiro atoms. The molecule has 1 aliphatic rings. The maximum atomic E-state index is 11.0. The van der Waals surface area contributed by atoms with Crippen molar-refractivity contribution in [2.75, 3.05) is 20.1 Å². The molecule has 0 amide bonds. The predicted octanol–water partition coefficient (Wildman–Crippen LogP) is 3.25. The average molecular weight is 334 g/mol. The summed E-state index contributed by atoms with van der Waals surface area (Å²) in [4.78, 5) is 13.4. The molecule has 6 heteroatoms. The summed E-state index contributed by atoms with van der Waals surface area (Å²) in [7, 11) is 3.88. The third-order valence-corrected chi connectivity index (χ3v) is 4.88. The number of piperidine rings is 1. The molecule has 5 nitrogen and oxygen atoms in total. The van der Waals surface area contributed by atoms with Gasteiger partial charge in [0, 0.05) is 17.6 Å². The number of likely N-dealkylation sites (tertiary alicyclic amines) is 1. The molecule has 1 aromatic carbocycles. The van der Waals surface area contributed by atoms with Crippen LogP contribution in [0.4, 0.5) is 0 Å². The Bertz CT molecular complexity index is 733. The topological polar surface area (TPSA) is 58.4 Å². The van der Waals surface area contributed by atoms with Crippen LogP contribution in [0.5, 0.6) is 0 Å². The average Bonchev–Trinajstić information content (AvgIpc) is 2.90. The Morgan fingerprint density at radius 1 is 1.26 bits per heavy atom. The van der Waals surface area contributed by atoms with Crippen LogP contribution in [0.2, 0.25) is 5.02 Å². The molecule has 0 unspecified atom stereocenters. The number of nitrogens with zero attached hydrogens (tertiary/aromatic N) is 3. The fraction of sp³-hybridized carbons (Fsp3) is 0.412. The molecule has 0 bridgehead atoms. The summed E-state index contributed by atoms with van der Waals surface area (Å²) in [6, 6.07) is 7.56. The summed E-state index contributed by atoms with van der Waals surface area (Å²) in [6.07, 6.45) is 2.23. The summed E-state index contributed by atoms with van der Waals surface area (Å²) in [5, 5.41) is 13.8. The van der Waals surface area contributed by atoms with E-state index in [0.29, 0.717) is 5.92 Å². The van der Waals surface area contributed by atoms with Crippen molar-refractivity contribution in [2.45, 2.75) is 18.8 Å². The Hall–Kier alpha value is -1.85. The van der Waals surface area contributed by atoms with E-state index in [1.54, 1.807) is 17.8 Å². The van der Waals surface area contributed by atoms with Gasteiger partial charge in [0.25, 0.3) is 0 Å². The van der Waals surface area contributed by atoms with Gasteiger partial charge in [-0.3, -0.25) is 4.68 Å². The van der Waals surface area contributed by atoms with Crippen LogP contribution in [-0.2, 0) is 7.05 Å². The molecular formula is C17H20ClN3O2. The number of aromatic carboxylic acids is 1. The molecule has 1 aromatic heterocycles. The number of hydrogen-bond acceptors (Lipinski definition) is 3. The van der Waals surface area contributed by atoms with Crippen molar-refractivity contribution in [1.82, 2.24) is 14.7 Å². The number of rotatable bonds is 3. The highest BCUT2D eigenvalue weighted by atomic mass is 35.5. The van der Waals surface area contributed by atoms with Gasteiger partial charge >= 0.3 is 5.97 Å². The number of hydrogen-bond donors (Lipinski definition) is 1. The first-order valence-electron chi connectivity index (χ1n) is 7.71. The SMILES string of the molecule is CN1CCC(c2ccc(-c3cc(C(=O)O)nn3C)cc2Cl)CC1. The zero-order valence-electron chi connectivity index (χ0n) is 13.3. The minimum absolute atomic E-state index is 0.0398. The quantitative estimate of drug-likeness (QED) is 0.936. The first-order valence-corrected chi connectivity index (χ1v) is 8.09. The predicted molar refractivity (Wildman–Crippen MR) is 90.1 cm³/mol. The summed E-state index contributed by atoms with van der Waals surface area (Å²) in [5.41, 5.74) is 2.86. The van der Waals surface area contributed by atoms with Crippen molar-refractivity contribution in [3.8, 4) is 11.3 Å². The first kappa shape index (κ1) is 16.0. The highest BCUT2D eigenvalue weighted by Gasteiger charge is 2.21. The monoisotopic (exact) mass is 333 g/mol. The third kappa shape index (κ3) is 3.26. The van der Waals surface area contributed by atoms with E-state index in [4.69, 9.17) is 16.7 Å². The second kappa shape index (κ2) is 6.34. The Morgan fingerprint density at radius 3 is 2.52 bits per heavy atom. The van der Waals surface area contributed by atoms with Gasteiger partial charge in [-0.05, 0) is 56.6 Å². The van der Waals surface area contributed by atoms with Crippen LogP contribution in [0.1, 0.15) is 34.8 Å². The molecule has 1 fully saturated rings. The van der Waals surface area contributed by atoms with Gasteiger partial charge in [0.2, 0.25) is 0 Å². The standard InChI is InChI=1S/C17H20ClN3O2/c1-20-7-5-11(6-8-20)13-4-3-12(9-14(13)18)16-10-15(17(22)23)19-21(16)2/h3-4,9-11H,5-8H2,1-2H3,(H,22,23). The van der Waals surface area contributed by atoms with E-state index in [1.165, 1.54) is 5.56 Å². The van der Waals surface area contributed by atoms with Gasteiger partial charge < -0.3 is 10.0 Å². The lowest BCUT2D eigenvalue weighted by Crippen LogP contribution is -2.29. The molecule has 0 aliphatic carbocycles. The third-order valence-electron chi connectivity index (χ3n) is 4.55. The van der Waals surface area contributed by atoms with Crippen LogP contribution >= 0.6 is 11.6 Å². The fourth-order valence-corrected chi connectivity index (χ4v) is 3.51. The van der Waals surface area contributed by atoms with Crippen molar-refractivity contribution in [3.05, 3.63) is 40.5 Å². The number of benzene rings is 1. The van der Waals surface area contributed by atoms with E-state index in [2.05, 4.69) is 23.1 Å². The highest BCUT2D eigenvalue weighted by Crippen LogP contribution is 2.35. The van der Waals surface area contributed by atoms with E-state index >= 15 is 0 Å². The molecule has 1 saturated heterocycles. The van der Waals surface area contributed by atoms with Crippen molar-refractivity contribution >= 4 is 17.6 Å². The molecule has 3 rings (SSSR count). The van der Waals surface area contributed by atoms with E-state index < -0.39 is 5.97 Å². The summed E-state index contributed by atoms with van der Waals surface area (Å²) < 4.78 is 1.57. The number of halogens is 1. The Balaban J connectivity index is 1.89. The van der Waals surface area contributed by atoms with E-state index in [0.717, 1.165) is 42.2 Å². The largest absolute Gasteiger partial charge is 0.476 e. The zero-order valence-corrected chi connectivity index (χ0v) is 14.0. The Kier molecular flexibility index (Phi) is 4.41. The van der Waals surface area contributed by atoms with Gasteiger partial charge in [-0.1, -0.05) is 23.7 Å². The van der Waals surface area contributed by atoms with Crippen molar-refractivity contribution in [2.24, 2.45) is 7.05 Å². The van der Waals surface area contributed by atoms with Gasteiger partial charge in [-0.25, -0.2) is 4.79 Å². The summed E-state index contributed by atoms with van der Waals surface area (Å²) in [5.74, 6) is -0.533. The molecule has 1 aliphatic heterocycles. The van der Waals surface area contributed by atoms with Crippen LogP contribution < -0.4 is 0 Å². The lowest BCUT2D eigenvalue weighted by Gasteiger charge is -2.29. The lowest BCUT2D eigenvalue weighted by atomic mass is 9.89. The Labute approximate surface area is 140 Å². The molecular weight excluding hydrogens is 314 g/mol. The zero-order chi connectivity index (χ0) is 16.6. The maximum absolute atomic E-state index is 11.0. The van der Waals surface area contributed by atoms with Crippen molar-refractivity contribution in [1.29, 1.82) is 0 Å². The van der Waals surface area contributed by atoms with Crippen LogP contribution in [0.3, 0.4) is 0 Å². The fourth-order valence-electron chi connectivity index (χ4n) is 3.18. The first-order chi connectivity index (χ1) is 11.0. The molecule has 1 N–H and O–H groups in total. The second-order valence-corrected chi connectivity index (χ2v) is 6.56. The minimum atomic E-state index is -1.03. The smallest absolute Gasteiger partial charge is 0.356 e. The number of carbonyl (C=O) groups is 1. The molecule has 2 aromatic rings. The van der Waals surface area contributed by atoms with Gasteiger partial charge in [0.1, 0.15) is 0 Å². The second-order valence-electron chi connectivity index (χ2n) is 6.16. The molecule has 0 atom stereocenters. The molecule has 2 heterocycles. The normalized spacial score (nSPS) is 16.7. The van der Waals surface area contributed by atoms with E-state index in [1.807, 2.05) is 12.1 Å². The van der Waals surface area contributed by atoms with Gasteiger partial charge in [-0.2, -0.15) is 5.10 Å². The Morgan fingerprint density at radius 2 is 1.96 bits per heavy atom. The number of carboxylic acid groups (broad SMARTS) is 1. The van der Waals surface area contributed by atoms with E-state index in [9.17, 15) is 4.79 Å². The van der Waals surface area contributed by atoms with Crippen LogP contribution in [0.25, 0.3) is 11.3 Å². The molecule has 0 radical (unpaired) electrons. The van der Waals surface area contributed by atoms with Crippen molar-refractivity contribution in [3.63, 3.8) is 0 Å². The summed E-state index contributed by atoms with van der Waals surface area (Å²) in [6.45, 7) is 2.18. The number of aryl methyl sites for hydroxylation is 1. The summed E-state index contributed by atoms with van der Waals surface area (Å²) >= 11 is 6.51. The van der Waals surface area contributed by atoms with Crippen LogP contribution in [-0.4, -0.2) is 45.9 Å².